The van der Waals surface area contributed by atoms with E-state index < -0.39 is 34.9 Å². The number of sulfone groups is 1. The maximum absolute atomic E-state index is 12.2. The zero-order chi connectivity index (χ0) is 20.6. The number of aliphatic imine (C=N–C) groups is 1. The second-order valence-electron chi connectivity index (χ2n) is 6.73. The molecule has 2 aliphatic heterocycles. The standard InChI is InChI=1S/C17H19BrN2O6S2/c1-9-3-11(18)4-10(2)16(9)20-12-7-28(24,25)8-13(12)27-17(20)19-14(21)5-26-6-15(22)23/h3-4,12-13H,5-8H2,1-2H3,(H,22,23)/t12-,13-/m1/s1. The molecule has 0 bridgehead atoms. The summed E-state index contributed by atoms with van der Waals surface area (Å²) in [6, 6.07) is 3.55. The quantitative estimate of drug-likeness (QED) is 0.663. The number of hydrogen-bond acceptors (Lipinski definition) is 6. The zero-order valence-corrected chi connectivity index (χ0v) is 18.4. The van der Waals surface area contributed by atoms with Crippen LogP contribution in [0.5, 0.6) is 0 Å². The minimum Gasteiger partial charge on any atom is -0.480 e. The third-order valence-electron chi connectivity index (χ3n) is 4.43. The minimum absolute atomic E-state index is 0.00232. The van der Waals surface area contributed by atoms with Crippen molar-refractivity contribution in [3.8, 4) is 0 Å². The zero-order valence-electron chi connectivity index (χ0n) is 15.2. The largest absolute Gasteiger partial charge is 0.480 e. The number of ether oxygens (including phenoxy) is 1. The number of amides is 1. The van der Waals surface area contributed by atoms with E-state index in [1.54, 1.807) is 0 Å². The normalized spacial score (nSPS) is 24.5. The number of thioether (sulfide) groups is 1. The first-order chi connectivity index (χ1) is 13.1. The van der Waals surface area contributed by atoms with Crippen LogP contribution < -0.4 is 4.90 Å². The molecule has 1 amide bonds. The fourth-order valence-corrected chi connectivity index (χ4v) is 8.08. The Hall–Kier alpha value is -1.43. The number of amidine groups is 1. The van der Waals surface area contributed by atoms with Crippen LogP contribution in [0.25, 0.3) is 0 Å². The number of benzene rings is 1. The lowest BCUT2D eigenvalue weighted by molar-refractivity contribution is -0.143. The molecule has 28 heavy (non-hydrogen) atoms. The second kappa shape index (κ2) is 8.13. The molecule has 0 radical (unpaired) electrons. The summed E-state index contributed by atoms with van der Waals surface area (Å²) in [6.45, 7) is 2.81. The summed E-state index contributed by atoms with van der Waals surface area (Å²) >= 11 is 4.73. The molecule has 2 heterocycles. The molecule has 11 heteroatoms. The first-order valence-electron chi connectivity index (χ1n) is 8.41. The third-order valence-corrected chi connectivity index (χ3v) is 8.10. The van der Waals surface area contributed by atoms with Crippen molar-refractivity contribution in [3.05, 3.63) is 27.7 Å². The summed E-state index contributed by atoms with van der Waals surface area (Å²) in [5.74, 6) is -1.74. The van der Waals surface area contributed by atoms with Gasteiger partial charge in [-0.1, -0.05) is 27.7 Å². The molecule has 3 rings (SSSR count). The Labute approximate surface area is 175 Å². The molecule has 2 aliphatic rings. The molecule has 1 aromatic carbocycles. The van der Waals surface area contributed by atoms with E-state index in [1.165, 1.54) is 11.8 Å². The number of hydrogen-bond donors (Lipinski definition) is 1. The van der Waals surface area contributed by atoms with Gasteiger partial charge in [-0.2, -0.15) is 4.99 Å². The summed E-state index contributed by atoms with van der Waals surface area (Å²) in [4.78, 5) is 28.6. The lowest BCUT2D eigenvalue weighted by atomic mass is 10.1. The Morgan fingerprint density at radius 3 is 2.54 bits per heavy atom. The Bertz CT molecular complexity index is 939. The van der Waals surface area contributed by atoms with Gasteiger partial charge in [0.25, 0.3) is 5.91 Å². The van der Waals surface area contributed by atoms with Gasteiger partial charge in [0.05, 0.1) is 17.5 Å². The molecule has 0 aromatic heterocycles. The summed E-state index contributed by atoms with van der Waals surface area (Å²) in [6.07, 6.45) is 0. The molecule has 0 aliphatic carbocycles. The maximum atomic E-state index is 12.2. The van der Waals surface area contributed by atoms with E-state index in [-0.39, 0.29) is 22.8 Å². The Balaban J connectivity index is 1.95. The van der Waals surface area contributed by atoms with Crippen LogP contribution in [0.15, 0.2) is 21.6 Å². The fraction of sp³-hybridized carbons (Fsp3) is 0.471. The summed E-state index contributed by atoms with van der Waals surface area (Å²) in [7, 11) is -3.16. The van der Waals surface area contributed by atoms with Crippen molar-refractivity contribution in [2.75, 3.05) is 29.6 Å². The van der Waals surface area contributed by atoms with Crippen molar-refractivity contribution in [3.63, 3.8) is 0 Å². The highest BCUT2D eigenvalue weighted by Crippen LogP contribution is 2.43. The van der Waals surface area contributed by atoms with Gasteiger partial charge >= 0.3 is 5.97 Å². The molecule has 2 saturated heterocycles. The van der Waals surface area contributed by atoms with E-state index in [0.29, 0.717) is 5.17 Å². The topological polar surface area (TPSA) is 113 Å². The van der Waals surface area contributed by atoms with Gasteiger partial charge in [-0.05, 0) is 37.1 Å². The average molecular weight is 491 g/mol. The minimum atomic E-state index is -3.16. The van der Waals surface area contributed by atoms with Crippen LogP contribution in [-0.2, 0) is 24.2 Å². The third kappa shape index (κ3) is 4.58. The van der Waals surface area contributed by atoms with E-state index in [4.69, 9.17) is 9.84 Å². The van der Waals surface area contributed by atoms with Crippen LogP contribution in [-0.4, -0.2) is 66.6 Å². The number of halogens is 1. The number of carboxylic acid groups (broad SMARTS) is 1. The number of fused-ring (bicyclic) bond motifs is 1. The molecule has 0 unspecified atom stereocenters. The molecule has 8 nitrogen and oxygen atoms in total. The van der Waals surface area contributed by atoms with Gasteiger partial charge in [-0.3, -0.25) is 4.79 Å². The Morgan fingerprint density at radius 1 is 1.29 bits per heavy atom. The van der Waals surface area contributed by atoms with Gasteiger partial charge < -0.3 is 14.7 Å². The van der Waals surface area contributed by atoms with Crippen LogP contribution in [0.2, 0.25) is 0 Å². The lowest BCUT2D eigenvalue weighted by Crippen LogP contribution is -2.38. The Morgan fingerprint density at radius 2 is 1.93 bits per heavy atom. The van der Waals surface area contributed by atoms with Gasteiger partial charge in [-0.15, -0.1) is 0 Å². The summed E-state index contributed by atoms with van der Waals surface area (Å²) in [5.41, 5.74) is 2.69. The number of carboxylic acids is 1. The van der Waals surface area contributed by atoms with Crippen LogP contribution in [0.3, 0.4) is 0 Å². The summed E-state index contributed by atoms with van der Waals surface area (Å²) < 4.78 is 30.0. The van der Waals surface area contributed by atoms with Crippen LogP contribution in [0.1, 0.15) is 11.1 Å². The second-order valence-corrected chi connectivity index (χ2v) is 11.0. The molecular formula is C17H19BrN2O6S2. The van der Waals surface area contributed by atoms with Crippen molar-refractivity contribution in [2.45, 2.75) is 25.1 Å². The SMILES string of the molecule is Cc1cc(Br)cc(C)c1N1C(=NC(=O)COCC(=O)O)S[C@@H]2CS(=O)(=O)C[C@H]21. The average Bonchev–Trinajstić information content (AvgIpc) is 2.98. The molecule has 0 spiro atoms. The van der Waals surface area contributed by atoms with Crippen molar-refractivity contribution in [1.82, 2.24) is 0 Å². The number of anilines is 1. The molecule has 152 valence electrons. The van der Waals surface area contributed by atoms with Crippen molar-refractivity contribution < 1.29 is 27.9 Å². The first kappa shape index (κ1) is 21.3. The van der Waals surface area contributed by atoms with E-state index in [2.05, 4.69) is 20.9 Å². The molecule has 1 aromatic rings. The Kier molecular flexibility index (Phi) is 6.18. The molecular weight excluding hydrogens is 472 g/mol. The van der Waals surface area contributed by atoms with Gasteiger partial charge in [-0.25, -0.2) is 13.2 Å². The number of nitrogens with zero attached hydrogens (tertiary/aromatic N) is 2. The van der Waals surface area contributed by atoms with Crippen molar-refractivity contribution in [2.24, 2.45) is 4.99 Å². The summed E-state index contributed by atoms with van der Waals surface area (Å²) in [5, 5.41) is 8.81. The fourth-order valence-electron chi connectivity index (χ4n) is 3.47. The predicted molar refractivity (Wildman–Crippen MR) is 111 cm³/mol. The smallest absolute Gasteiger partial charge is 0.329 e. The highest BCUT2D eigenvalue weighted by molar-refractivity contribution is 9.10. The van der Waals surface area contributed by atoms with Gasteiger partial charge in [0.2, 0.25) is 0 Å². The van der Waals surface area contributed by atoms with Crippen LogP contribution in [0.4, 0.5) is 5.69 Å². The first-order valence-corrected chi connectivity index (χ1v) is 11.9. The van der Waals surface area contributed by atoms with E-state index in [1.807, 2.05) is 30.9 Å². The highest BCUT2D eigenvalue weighted by atomic mass is 79.9. The van der Waals surface area contributed by atoms with E-state index >= 15 is 0 Å². The number of aryl methyl sites for hydroxylation is 2. The lowest BCUT2D eigenvalue weighted by Gasteiger charge is -2.28. The molecule has 1 N–H and O–H groups in total. The molecule has 0 saturated carbocycles. The van der Waals surface area contributed by atoms with Gasteiger partial charge in [0, 0.05) is 15.4 Å². The molecule has 2 fully saturated rings. The van der Waals surface area contributed by atoms with Crippen molar-refractivity contribution >= 4 is 60.3 Å². The molecule has 2 atom stereocenters. The number of rotatable bonds is 5. The predicted octanol–water partition coefficient (Wildman–Crippen LogP) is 1.77. The highest BCUT2D eigenvalue weighted by Gasteiger charge is 2.50. The van der Waals surface area contributed by atoms with Crippen LogP contribution in [0, 0.1) is 13.8 Å². The maximum Gasteiger partial charge on any atom is 0.329 e. The number of carbonyl (C=O) groups excluding carboxylic acids is 1. The number of carbonyl (C=O) groups is 2. The van der Waals surface area contributed by atoms with Gasteiger partial charge in [0.1, 0.15) is 13.2 Å². The van der Waals surface area contributed by atoms with E-state index in [0.717, 1.165) is 21.3 Å². The van der Waals surface area contributed by atoms with Gasteiger partial charge in [0.15, 0.2) is 15.0 Å². The monoisotopic (exact) mass is 490 g/mol. The van der Waals surface area contributed by atoms with E-state index in [9.17, 15) is 18.0 Å². The van der Waals surface area contributed by atoms with Crippen LogP contribution >= 0.6 is 27.7 Å². The number of aliphatic carboxylic acids is 1. The van der Waals surface area contributed by atoms with Crippen molar-refractivity contribution in [1.29, 1.82) is 0 Å².